The first kappa shape index (κ1) is 18.0. The summed E-state index contributed by atoms with van der Waals surface area (Å²) in [5, 5.41) is 7.44. The first-order valence-electron chi connectivity index (χ1n) is 7.42. The zero-order valence-corrected chi connectivity index (χ0v) is 15.8. The Morgan fingerprint density at radius 2 is 1.96 bits per heavy atom. The number of thiophene rings is 1. The molecular weight excluding hydrogens is 381 g/mol. The lowest BCUT2D eigenvalue weighted by Crippen LogP contribution is -2.31. The van der Waals surface area contributed by atoms with E-state index in [1.807, 2.05) is 5.38 Å². The molecule has 0 aliphatic heterocycles. The number of nitrogens with zero attached hydrogens (tertiary/aromatic N) is 2. The minimum atomic E-state index is -3.43. The molecule has 0 spiro atoms. The Morgan fingerprint density at radius 3 is 2.64 bits per heavy atom. The Balaban J connectivity index is 1.57. The van der Waals surface area contributed by atoms with Crippen LogP contribution in [0.15, 0.2) is 51.4 Å². The van der Waals surface area contributed by atoms with Gasteiger partial charge in [0, 0.05) is 31.1 Å². The zero-order valence-electron chi connectivity index (χ0n) is 13.3. The molecule has 0 fully saturated rings. The average molecular weight is 398 g/mol. The van der Waals surface area contributed by atoms with E-state index in [1.165, 1.54) is 39.1 Å². The predicted octanol–water partition coefficient (Wildman–Crippen LogP) is 3.74. The molecule has 9 heteroatoms. The summed E-state index contributed by atoms with van der Waals surface area (Å²) in [6.45, 7) is 0.767. The molecule has 0 aliphatic carbocycles. The zero-order chi connectivity index (χ0) is 17.9. The van der Waals surface area contributed by atoms with E-state index in [2.05, 4.69) is 10.3 Å². The SMILES string of the molecule is CN(CCNc1nc(-c2ccc(F)cc2)cs1)S(=O)(=O)c1cccs1. The van der Waals surface area contributed by atoms with Gasteiger partial charge in [-0.1, -0.05) is 6.07 Å². The number of rotatable bonds is 7. The highest BCUT2D eigenvalue weighted by Gasteiger charge is 2.21. The molecule has 2 aromatic heterocycles. The number of sulfonamides is 1. The van der Waals surface area contributed by atoms with Crippen molar-refractivity contribution in [2.75, 3.05) is 25.5 Å². The quantitative estimate of drug-likeness (QED) is 0.660. The number of benzene rings is 1. The van der Waals surface area contributed by atoms with Crippen molar-refractivity contribution in [3.05, 3.63) is 53.0 Å². The number of nitrogens with one attached hydrogen (secondary N) is 1. The Labute approximate surface area is 153 Å². The smallest absolute Gasteiger partial charge is 0.252 e. The summed E-state index contributed by atoms with van der Waals surface area (Å²) in [6, 6.07) is 9.46. The van der Waals surface area contributed by atoms with Crippen molar-refractivity contribution in [3.8, 4) is 11.3 Å². The lowest BCUT2D eigenvalue weighted by Gasteiger charge is -2.15. The molecular formula is C16H16FN3O2S3. The normalized spacial score (nSPS) is 11.8. The van der Waals surface area contributed by atoms with Crippen LogP contribution < -0.4 is 5.32 Å². The fourth-order valence-corrected chi connectivity index (χ4v) is 5.23. The van der Waals surface area contributed by atoms with Crippen LogP contribution >= 0.6 is 22.7 Å². The lowest BCUT2D eigenvalue weighted by atomic mass is 10.2. The fraction of sp³-hybridized carbons (Fsp3) is 0.188. The molecule has 2 heterocycles. The van der Waals surface area contributed by atoms with E-state index in [1.54, 1.807) is 36.7 Å². The minimum absolute atomic E-state index is 0.285. The summed E-state index contributed by atoms with van der Waals surface area (Å²) in [6.07, 6.45) is 0. The van der Waals surface area contributed by atoms with Crippen LogP contribution in [0.5, 0.6) is 0 Å². The highest BCUT2D eigenvalue weighted by molar-refractivity contribution is 7.91. The van der Waals surface area contributed by atoms with E-state index in [-0.39, 0.29) is 5.82 Å². The molecule has 0 atom stereocenters. The second kappa shape index (κ2) is 7.61. The molecule has 0 radical (unpaired) electrons. The van der Waals surface area contributed by atoms with Gasteiger partial charge in [0.25, 0.3) is 10.0 Å². The molecule has 3 rings (SSSR count). The van der Waals surface area contributed by atoms with E-state index < -0.39 is 10.0 Å². The van der Waals surface area contributed by atoms with Gasteiger partial charge in [0.15, 0.2) is 5.13 Å². The maximum absolute atomic E-state index is 13.0. The maximum Gasteiger partial charge on any atom is 0.252 e. The third-order valence-corrected chi connectivity index (χ3v) is 7.54. The van der Waals surface area contributed by atoms with Gasteiger partial charge in [0.05, 0.1) is 5.69 Å². The number of halogens is 1. The van der Waals surface area contributed by atoms with Gasteiger partial charge in [-0.05, 0) is 35.7 Å². The first-order chi connectivity index (χ1) is 12.0. The van der Waals surface area contributed by atoms with Gasteiger partial charge in [-0.25, -0.2) is 17.8 Å². The summed E-state index contributed by atoms with van der Waals surface area (Å²) in [4.78, 5) is 4.44. The summed E-state index contributed by atoms with van der Waals surface area (Å²) >= 11 is 2.63. The molecule has 3 aromatic rings. The lowest BCUT2D eigenvalue weighted by molar-refractivity contribution is 0.482. The number of thiazole rings is 1. The van der Waals surface area contributed by atoms with Crippen LogP contribution in [0.4, 0.5) is 9.52 Å². The molecule has 132 valence electrons. The molecule has 0 saturated carbocycles. The Hall–Kier alpha value is -1.81. The Kier molecular flexibility index (Phi) is 5.48. The monoisotopic (exact) mass is 397 g/mol. The second-order valence-corrected chi connectivity index (χ2v) is 9.31. The number of anilines is 1. The van der Waals surface area contributed by atoms with Crippen molar-refractivity contribution in [3.63, 3.8) is 0 Å². The second-order valence-electron chi connectivity index (χ2n) is 5.23. The summed E-state index contributed by atoms with van der Waals surface area (Å²) in [5.74, 6) is -0.285. The number of aromatic nitrogens is 1. The van der Waals surface area contributed by atoms with Crippen LogP contribution in [0.2, 0.25) is 0 Å². The third kappa shape index (κ3) is 4.24. The molecule has 0 unspecified atom stereocenters. The van der Waals surface area contributed by atoms with Crippen LogP contribution in [0.1, 0.15) is 0 Å². The van der Waals surface area contributed by atoms with Gasteiger partial charge < -0.3 is 5.32 Å². The number of hydrogen-bond donors (Lipinski definition) is 1. The molecule has 0 aliphatic rings. The van der Waals surface area contributed by atoms with Crippen LogP contribution in [0, 0.1) is 5.82 Å². The molecule has 0 bridgehead atoms. The Bertz CT molecular complexity index is 922. The van der Waals surface area contributed by atoms with Crippen LogP contribution in [-0.4, -0.2) is 37.8 Å². The summed E-state index contributed by atoms with van der Waals surface area (Å²) in [7, 11) is -1.87. The van der Waals surface area contributed by atoms with Crippen LogP contribution in [0.25, 0.3) is 11.3 Å². The largest absolute Gasteiger partial charge is 0.360 e. The minimum Gasteiger partial charge on any atom is -0.360 e. The topological polar surface area (TPSA) is 62.3 Å². The third-order valence-electron chi connectivity index (χ3n) is 3.51. The van der Waals surface area contributed by atoms with Crippen molar-refractivity contribution >= 4 is 37.8 Å². The van der Waals surface area contributed by atoms with Gasteiger partial charge >= 0.3 is 0 Å². The van der Waals surface area contributed by atoms with Gasteiger partial charge in [-0.2, -0.15) is 4.31 Å². The summed E-state index contributed by atoms with van der Waals surface area (Å²) in [5.41, 5.74) is 1.59. The van der Waals surface area contributed by atoms with Crippen molar-refractivity contribution in [1.82, 2.24) is 9.29 Å². The van der Waals surface area contributed by atoms with Crippen LogP contribution in [-0.2, 0) is 10.0 Å². The average Bonchev–Trinajstić information content (AvgIpc) is 3.27. The Morgan fingerprint density at radius 1 is 1.20 bits per heavy atom. The molecule has 1 N–H and O–H groups in total. The number of hydrogen-bond acceptors (Lipinski definition) is 6. The molecule has 0 amide bonds. The van der Waals surface area contributed by atoms with E-state index in [9.17, 15) is 12.8 Å². The predicted molar refractivity (Wildman–Crippen MR) is 100 cm³/mol. The van der Waals surface area contributed by atoms with Crippen molar-refractivity contribution in [2.24, 2.45) is 0 Å². The van der Waals surface area contributed by atoms with Gasteiger partial charge in [0.1, 0.15) is 10.0 Å². The molecule has 0 saturated heterocycles. The summed E-state index contributed by atoms with van der Waals surface area (Å²) < 4.78 is 39.3. The van der Waals surface area contributed by atoms with Gasteiger partial charge in [-0.3, -0.25) is 0 Å². The maximum atomic E-state index is 13.0. The van der Waals surface area contributed by atoms with Gasteiger partial charge in [-0.15, -0.1) is 22.7 Å². The fourth-order valence-electron chi connectivity index (χ4n) is 2.11. The van der Waals surface area contributed by atoms with E-state index >= 15 is 0 Å². The van der Waals surface area contributed by atoms with E-state index in [0.717, 1.165) is 11.3 Å². The van der Waals surface area contributed by atoms with E-state index in [0.29, 0.717) is 22.4 Å². The molecule has 1 aromatic carbocycles. The number of likely N-dealkylation sites (N-methyl/N-ethyl adjacent to an activating group) is 1. The van der Waals surface area contributed by atoms with Crippen LogP contribution in [0.3, 0.4) is 0 Å². The first-order valence-corrected chi connectivity index (χ1v) is 10.6. The molecule has 5 nitrogen and oxygen atoms in total. The standard InChI is InChI=1S/C16H16FN3O2S3/c1-20(25(21,22)15-3-2-10-23-15)9-8-18-16-19-14(11-24-16)12-4-6-13(17)7-5-12/h2-7,10-11H,8-9H2,1H3,(H,18,19). The van der Waals surface area contributed by atoms with Crippen molar-refractivity contribution < 1.29 is 12.8 Å². The highest BCUT2D eigenvalue weighted by atomic mass is 32.2. The van der Waals surface area contributed by atoms with Gasteiger partial charge in [0.2, 0.25) is 0 Å². The van der Waals surface area contributed by atoms with E-state index in [4.69, 9.17) is 0 Å². The highest BCUT2D eigenvalue weighted by Crippen LogP contribution is 2.25. The van der Waals surface area contributed by atoms with Crippen molar-refractivity contribution in [1.29, 1.82) is 0 Å². The molecule has 25 heavy (non-hydrogen) atoms. The van der Waals surface area contributed by atoms with Crippen molar-refractivity contribution in [2.45, 2.75) is 4.21 Å².